The standard InChI is InChI=1S/C11H19F2N3O3/c12-8(13)7-19-6-3-9(17)15-11(10(14)16-18)4-1-2-5-11/h8,18H,1-7H2,(H2,14,16)(H,15,17). The molecule has 0 aromatic carbocycles. The Bertz CT molecular complexity index is 331. The van der Waals surface area contributed by atoms with Crippen LogP contribution in [0.4, 0.5) is 8.78 Å². The summed E-state index contributed by atoms with van der Waals surface area (Å²) in [6, 6.07) is 0. The lowest BCUT2D eigenvalue weighted by Gasteiger charge is -2.28. The van der Waals surface area contributed by atoms with Gasteiger partial charge in [-0.1, -0.05) is 18.0 Å². The number of amides is 1. The van der Waals surface area contributed by atoms with Gasteiger partial charge in [-0.3, -0.25) is 4.79 Å². The van der Waals surface area contributed by atoms with Gasteiger partial charge in [-0.2, -0.15) is 0 Å². The molecule has 1 fully saturated rings. The number of carbonyl (C=O) groups is 1. The fraction of sp³-hybridized carbons (Fsp3) is 0.818. The Morgan fingerprint density at radius 1 is 1.47 bits per heavy atom. The van der Waals surface area contributed by atoms with Crippen LogP contribution >= 0.6 is 0 Å². The number of oxime groups is 1. The van der Waals surface area contributed by atoms with Crippen molar-refractivity contribution in [2.24, 2.45) is 10.9 Å². The van der Waals surface area contributed by atoms with Crippen LogP contribution in [0.15, 0.2) is 5.16 Å². The molecule has 6 nitrogen and oxygen atoms in total. The van der Waals surface area contributed by atoms with Gasteiger partial charge in [-0.05, 0) is 12.8 Å². The maximum Gasteiger partial charge on any atom is 0.261 e. The van der Waals surface area contributed by atoms with Crippen molar-refractivity contribution in [3.05, 3.63) is 0 Å². The number of amidine groups is 1. The average Bonchev–Trinajstić information content (AvgIpc) is 2.83. The highest BCUT2D eigenvalue weighted by atomic mass is 19.3. The lowest BCUT2D eigenvalue weighted by atomic mass is 9.96. The highest BCUT2D eigenvalue weighted by Crippen LogP contribution is 2.29. The van der Waals surface area contributed by atoms with Crippen LogP contribution in [-0.2, 0) is 9.53 Å². The second-order valence-corrected chi connectivity index (χ2v) is 4.54. The first-order valence-electron chi connectivity index (χ1n) is 6.15. The molecule has 0 atom stereocenters. The summed E-state index contributed by atoms with van der Waals surface area (Å²) in [6.07, 6.45) is 0.379. The summed E-state index contributed by atoms with van der Waals surface area (Å²) in [5.41, 5.74) is 4.80. The molecule has 1 aliphatic rings. The summed E-state index contributed by atoms with van der Waals surface area (Å²) in [4.78, 5) is 11.7. The molecular weight excluding hydrogens is 260 g/mol. The van der Waals surface area contributed by atoms with Crippen molar-refractivity contribution in [2.45, 2.75) is 44.1 Å². The first-order valence-corrected chi connectivity index (χ1v) is 6.15. The molecule has 0 spiro atoms. The second-order valence-electron chi connectivity index (χ2n) is 4.54. The first kappa shape index (κ1) is 15.6. The number of nitrogens with zero attached hydrogens (tertiary/aromatic N) is 1. The van der Waals surface area contributed by atoms with E-state index in [1.807, 2.05) is 0 Å². The molecule has 0 aromatic rings. The number of nitrogens with two attached hydrogens (primary N) is 1. The van der Waals surface area contributed by atoms with Gasteiger partial charge in [0, 0.05) is 6.42 Å². The van der Waals surface area contributed by atoms with E-state index in [1.54, 1.807) is 0 Å². The summed E-state index contributed by atoms with van der Waals surface area (Å²) in [5, 5.41) is 14.4. The van der Waals surface area contributed by atoms with E-state index in [9.17, 15) is 13.6 Å². The number of hydrogen-bond acceptors (Lipinski definition) is 4. The summed E-state index contributed by atoms with van der Waals surface area (Å²) in [5.74, 6) is -0.380. The van der Waals surface area contributed by atoms with Gasteiger partial charge < -0.3 is 21.0 Å². The Kier molecular flexibility index (Phi) is 5.94. The van der Waals surface area contributed by atoms with Gasteiger partial charge in [0.05, 0.1) is 6.61 Å². The number of halogens is 2. The average molecular weight is 279 g/mol. The molecule has 4 N–H and O–H groups in total. The highest BCUT2D eigenvalue weighted by molar-refractivity contribution is 5.94. The molecule has 0 aliphatic heterocycles. The third-order valence-electron chi connectivity index (χ3n) is 3.15. The molecule has 110 valence electrons. The van der Waals surface area contributed by atoms with Crippen molar-refractivity contribution in [1.82, 2.24) is 5.32 Å². The fourth-order valence-electron chi connectivity index (χ4n) is 2.19. The highest BCUT2D eigenvalue weighted by Gasteiger charge is 2.39. The van der Waals surface area contributed by atoms with Crippen molar-refractivity contribution in [1.29, 1.82) is 0 Å². The number of alkyl halides is 2. The van der Waals surface area contributed by atoms with Crippen LogP contribution in [0.5, 0.6) is 0 Å². The molecule has 8 heteroatoms. The maximum atomic E-state index is 11.8. The largest absolute Gasteiger partial charge is 0.409 e. The Hall–Kier alpha value is -1.44. The van der Waals surface area contributed by atoms with E-state index in [0.717, 1.165) is 12.8 Å². The van der Waals surface area contributed by atoms with Crippen molar-refractivity contribution < 1.29 is 23.5 Å². The zero-order valence-electron chi connectivity index (χ0n) is 10.6. The predicted octanol–water partition coefficient (Wildman–Crippen LogP) is 0.834. The Labute approximate surface area is 110 Å². The lowest BCUT2D eigenvalue weighted by molar-refractivity contribution is -0.123. The van der Waals surface area contributed by atoms with Gasteiger partial charge in [0.1, 0.15) is 12.1 Å². The maximum absolute atomic E-state index is 11.8. The lowest BCUT2D eigenvalue weighted by Crippen LogP contribution is -2.55. The predicted molar refractivity (Wildman–Crippen MR) is 64.2 cm³/mol. The van der Waals surface area contributed by atoms with Gasteiger partial charge in [0.15, 0.2) is 5.84 Å². The Balaban J connectivity index is 2.41. The summed E-state index contributed by atoms with van der Waals surface area (Å²) >= 11 is 0. The minimum Gasteiger partial charge on any atom is -0.409 e. The quantitative estimate of drug-likeness (QED) is 0.211. The van der Waals surface area contributed by atoms with Gasteiger partial charge >= 0.3 is 0 Å². The molecule has 0 aromatic heterocycles. The number of rotatable bonds is 7. The zero-order valence-corrected chi connectivity index (χ0v) is 10.6. The van der Waals surface area contributed by atoms with Crippen molar-refractivity contribution >= 4 is 11.7 Å². The van der Waals surface area contributed by atoms with Crippen LogP contribution in [-0.4, -0.2) is 42.1 Å². The van der Waals surface area contributed by atoms with Crippen LogP contribution < -0.4 is 11.1 Å². The molecule has 1 saturated carbocycles. The summed E-state index contributed by atoms with van der Waals surface area (Å²) in [6.45, 7) is -0.763. The van der Waals surface area contributed by atoms with Crippen molar-refractivity contribution in [3.8, 4) is 0 Å². The number of ether oxygens (including phenoxy) is 1. The monoisotopic (exact) mass is 279 g/mol. The molecule has 0 radical (unpaired) electrons. The van der Waals surface area contributed by atoms with Crippen LogP contribution in [0.3, 0.4) is 0 Å². The van der Waals surface area contributed by atoms with Crippen LogP contribution in [0.2, 0.25) is 0 Å². The van der Waals surface area contributed by atoms with Gasteiger partial charge in [0.2, 0.25) is 5.91 Å². The van der Waals surface area contributed by atoms with Crippen LogP contribution in [0.25, 0.3) is 0 Å². The molecule has 1 aliphatic carbocycles. The van der Waals surface area contributed by atoms with Crippen molar-refractivity contribution in [3.63, 3.8) is 0 Å². The molecule has 0 unspecified atom stereocenters. The smallest absolute Gasteiger partial charge is 0.261 e. The van der Waals surface area contributed by atoms with Gasteiger partial charge in [-0.15, -0.1) is 0 Å². The van der Waals surface area contributed by atoms with Crippen LogP contribution in [0, 0.1) is 0 Å². The number of hydrogen-bond donors (Lipinski definition) is 3. The van der Waals surface area contributed by atoms with E-state index in [0.29, 0.717) is 12.8 Å². The minimum absolute atomic E-state index is 0.0214. The van der Waals surface area contributed by atoms with E-state index in [1.165, 1.54) is 0 Å². The molecule has 1 amide bonds. The van der Waals surface area contributed by atoms with Crippen molar-refractivity contribution in [2.75, 3.05) is 13.2 Å². The molecule has 0 heterocycles. The molecule has 19 heavy (non-hydrogen) atoms. The van der Waals surface area contributed by atoms with E-state index >= 15 is 0 Å². The Morgan fingerprint density at radius 3 is 2.63 bits per heavy atom. The van der Waals surface area contributed by atoms with E-state index in [-0.39, 0.29) is 24.8 Å². The summed E-state index contributed by atoms with van der Waals surface area (Å²) < 4.78 is 28.3. The number of carbonyl (C=O) groups excluding carboxylic acids is 1. The third kappa shape index (κ3) is 4.62. The zero-order chi connectivity index (χ0) is 14.3. The normalized spacial score (nSPS) is 18.8. The Morgan fingerprint density at radius 2 is 2.11 bits per heavy atom. The third-order valence-corrected chi connectivity index (χ3v) is 3.15. The van der Waals surface area contributed by atoms with Gasteiger partial charge in [0.25, 0.3) is 6.43 Å². The molecule has 0 saturated heterocycles. The summed E-state index contributed by atoms with van der Waals surface area (Å²) in [7, 11) is 0. The molecule has 0 bridgehead atoms. The minimum atomic E-state index is -2.54. The fourth-order valence-corrected chi connectivity index (χ4v) is 2.19. The van der Waals surface area contributed by atoms with E-state index in [4.69, 9.17) is 10.9 Å². The van der Waals surface area contributed by atoms with Crippen LogP contribution in [0.1, 0.15) is 32.1 Å². The molecular formula is C11H19F2N3O3. The van der Waals surface area contributed by atoms with E-state index < -0.39 is 18.6 Å². The SMILES string of the molecule is NC(=NO)C1(NC(=O)CCOCC(F)F)CCCC1. The number of nitrogens with one attached hydrogen (secondary N) is 1. The topological polar surface area (TPSA) is 96.9 Å². The molecule has 1 rings (SSSR count). The van der Waals surface area contributed by atoms with Gasteiger partial charge in [-0.25, -0.2) is 8.78 Å². The van der Waals surface area contributed by atoms with E-state index in [2.05, 4.69) is 15.2 Å². The first-order chi connectivity index (χ1) is 9.00. The second kappa shape index (κ2) is 7.22.